The molecule has 0 bridgehead atoms. The highest BCUT2D eigenvalue weighted by molar-refractivity contribution is 5.84. The highest BCUT2D eigenvalue weighted by atomic mass is 16.2. The summed E-state index contributed by atoms with van der Waals surface area (Å²) in [5.41, 5.74) is 2.16. The molecule has 4 rings (SSSR count). The second kappa shape index (κ2) is 7.18. The van der Waals surface area contributed by atoms with Crippen molar-refractivity contribution in [1.82, 2.24) is 20.4 Å². The zero-order valence-corrected chi connectivity index (χ0v) is 14.8. The van der Waals surface area contributed by atoms with E-state index >= 15 is 0 Å². The van der Waals surface area contributed by atoms with Gasteiger partial charge in [0.1, 0.15) is 0 Å². The quantitative estimate of drug-likeness (QED) is 0.882. The number of aromatic amines is 1. The molecule has 3 aliphatic rings. The molecule has 1 saturated carbocycles. The second-order valence-corrected chi connectivity index (χ2v) is 7.86. The topological polar surface area (TPSA) is 78.1 Å². The van der Waals surface area contributed by atoms with Crippen LogP contribution in [0, 0.1) is 5.92 Å². The van der Waals surface area contributed by atoms with Crippen molar-refractivity contribution in [3.8, 4) is 0 Å². The van der Waals surface area contributed by atoms with Crippen LogP contribution in [0.5, 0.6) is 0 Å². The van der Waals surface area contributed by atoms with Crippen molar-refractivity contribution in [2.24, 2.45) is 5.92 Å². The Labute approximate surface area is 148 Å². The summed E-state index contributed by atoms with van der Waals surface area (Å²) < 4.78 is 0. The van der Waals surface area contributed by atoms with Crippen LogP contribution < -0.4 is 5.32 Å². The molecule has 0 radical (unpaired) electrons. The number of fused-ring (bicyclic) bond motifs is 1. The van der Waals surface area contributed by atoms with E-state index in [2.05, 4.69) is 15.5 Å². The van der Waals surface area contributed by atoms with Gasteiger partial charge in [-0.2, -0.15) is 5.10 Å². The standard InChI is InChI=1S/C19H28N4O2/c24-18(15-7-4-8-17-16(15)11-20-22-17)21-14-9-10-23(12-14)19(25)13-5-2-1-3-6-13/h11,13-15H,1-10,12H2,(H,20,22)(H,21,24)/t14-,15-/m0/s1. The van der Waals surface area contributed by atoms with Crippen LogP contribution in [0.1, 0.15) is 68.5 Å². The molecule has 2 N–H and O–H groups in total. The first-order valence-corrected chi connectivity index (χ1v) is 9.83. The van der Waals surface area contributed by atoms with Gasteiger partial charge in [0.05, 0.1) is 12.1 Å². The average Bonchev–Trinajstić information content (AvgIpc) is 3.30. The fraction of sp³-hybridized carbons (Fsp3) is 0.737. The number of aromatic nitrogens is 2. The first kappa shape index (κ1) is 16.6. The van der Waals surface area contributed by atoms with E-state index in [1.165, 1.54) is 19.3 Å². The SMILES string of the molecule is O=C(N[C@H]1CCN(C(=O)C2CCCCC2)C1)[C@H]1CCCc2[nH]ncc21. The van der Waals surface area contributed by atoms with E-state index in [0.717, 1.165) is 56.3 Å². The van der Waals surface area contributed by atoms with Crippen LogP contribution in [0.3, 0.4) is 0 Å². The third-order valence-corrected chi connectivity index (χ3v) is 6.16. The van der Waals surface area contributed by atoms with Crippen LogP contribution in [0.25, 0.3) is 0 Å². The third-order valence-electron chi connectivity index (χ3n) is 6.16. The van der Waals surface area contributed by atoms with Gasteiger partial charge in [-0.15, -0.1) is 0 Å². The number of H-pyrrole nitrogens is 1. The lowest BCUT2D eigenvalue weighted by Crippen LogP contribution is -2.42. The van der Waals surface area contributed by atoms with Gasteiger partial charge in [0, 0.05) is 36.3 Å². The minimum Gasteiger partial charge on any atom is -0.351 e. The van der Waals surface area contributed by atoms with Gasteiger partial charge >= 0.3 is 0 Å². The molecule has 6 heteroatoms. The molecule has 1 aromatic rings. The van der Waals surface area contributed by atoms with Gasteiger partial charge in [-0.05, 0) is 38.5 Å². The van der Waals surface area contributed by atoms with Gasteiger partial charge in [-0.1, -0.05) is 19.3 Å². The van der Waals surface area contributed by atoms with Gasteiger partial charge in [0.15, 0.2) is 0 Å². The Balaban J connectivity index is 1.32. The van der Waals surface area contributed by atoms with Crippen LogP contribution in [0.15, 0.2) is 6.20 Å². The Morgan fingerprint density at radius 3 is 2.80 bits per heavy atom. The van der Waals surface area contributed by atoms with E-state index in [4.69, 9.17) is 0 Å². The molecule has 1 aliphatic heterocycles. The molecular formula is C19H28N4O2. The molecule has 2 fully saturated rings. The number of hydrogen-bond donors (Lipinski definition) is 2. The van der Waals surface area contributed by atoms with E-state index in [0.29, 0.717) is 12.5 Å². The Hall–Kier alpha value is -1.85. The predicted octanol–water partition coefficient (Wildman–Crippen LogP) is 2.13. The maximum absolute atomic E-state index is 12.7. The molecule has 6 nitrogen and oxygen atoms in total. The number of carbonyl (C=O) groups excluding carboxylic acids is 2. The highest BCUT2D eigenvalue weighted by Gasteiger charge is 2.34. The summed E-state index contributed by atoms with van der Waals surface area (Å²) in [6, 6.07) is 0.0947. The predicted molar refractivity (Wildman–Crippen MR) is 94.0 cm³/mol. The fourth-order valence-electron chi connectivity index (χ4n) is 4.72. The molecule has 1 saturated heterocycles. The fourth-order valence-corrected chi connectivity index (χ4v) is 4.72. The minimum atomic E-state index is -0.0920. The van der Waals surface area contributed by atoms with Crippen molar-refractivity contribution in [1.29, 1.82) is 0 Å². The van der Waals surface area contributed by atoms with Gasteiger partial charge in [0.2, 0.25) is 11.8 Å². The number of amides is 2. The number of rotatable bonds is 3. The molecule has 2 heterocycles. The Morgan fingerprint density at radius 1 is 1.12 bits per heavy atom. The molecule has 0 aromatic carbocycles. The van der Waals surface area contributed by atoms with Gasteiger partial charge in [0.25, 0.3) is 0 Å². The van der Waals surface area contributed by atoms with Crippen molar-refractivity contribution in [3.05, 3.63) is 17.5 Å². The lowest BCUT2D eigenvalue weighted by molar-refractivity contribution is -0.135. The summed E-state index contributed by atoms with van der Waals surface area (Å²) in [5, 5.41) is 10.3. The third kappa shape index (κ3) is 3.44. The summed E-state index contributed by atoms with van der Waals surface area (Å²) >= 11 is 0. The molecule has 1 aromatic heterocycles. The Morgan fingerprint density at radius 2 is 1.96 bits per heavy atom. The van der Waals surface area contributed by atoms with Crippen LogP contribution in [-0.4, -0.2) is 46.0 Å². The first-order valence-electron chi connectivity index (χ1n) is 9.83. The van der Waals surface area contributed by atoms with Crippen molar-refractivity contribution in [2.45, 2.75) is 69.7 Å². The summed E-state index contributed by atoms with van der Waals surface area (Å²) in [5.74, 6) is 0.534. The van der Waals surface area contributed by atoms with Gasteiger partial charge in [-0.3, -0.25) is 14.7 Å². The van der Waals surface area contributed by atoms with E-state index in [-0.39, 0.29) is 23.8 Å². The number of likely N-dealkylation sites (tertiary alicyclic amines) is 1. The van der Waals surface area contributed by atoms with Gasteiger partial charge in [-0.25, -0.2) is 0 Å². The van der Waals surface area contributed by atoms with Crippen molar-refractivity contribution in [2.75, 3.05) is 13.1 Å². The molecule has 2 atom stereocenters. The zero-order chi connectivity index (χ0) is 17.2. The van der Waals surface area contributed by atoms with Crippen molar-refractivity contribution in [3.63, 3.8) is 0 Å². The Bertz CT molecular complexity index is 635. The zero-order valence-electron chi connectivity index (χ0n) is 14.8. The second-order valence-electron chi connectivity index (χ2n) is 7.86. The van der Waals surface area contributed by atoms with Crippen molar-refractivity contribution < 1.29 is 9.59 Å². The van der Waals surface area contributed by atoms with E-state index in [1.807, 2.05) is 4.90 Å². The van der Waals surface area contributed by atoms with E-state index in [1.54, 1.807) is 6.20 Å². The van der Waals surface area contributed by atoms with Crippen LogP contribution in [-0.2, 0) is 16.0 Å². The van der Waals surface area contributed by atoms with E-state index in [9.17, 15) is 9.59 Å². The summed E-state index contributed by atoms with van der Waals surface area (Å²) in [4.78, 5) is 27.4. The molecule has 2 aliphatic carbocycles. The monoisotopic (exact) mass is 344 g/mol. The number of nitrogens with one attached hydrogen (secondary N) is 2. The summed E-state index contributed by atoms with van der Waals surface area (Å²) in [6.45, 7) is 1.45. The number of aryl methyl sites for hydroxylation is 1. The lowest BCUT2D eigenvalue weighted by Gasteiger charge is -2.27. The molecule has 0 spiro atoms. The van der Waals surface area contributed by atoms with Crippen LogP contribution >= 0.6 is 0 Å². The molecule has 0 unspecified atom stereocenters. The number of nitrogens with zero attached hydrogens (tertiary/aromatic N) is 2. The van der Waals surface area contributed by atoms with E-state index < -0.39 is 0 Å². The maximum atomic E-state index is 12.7. The largest absolute Gasteiger partial charge is 0.351 e. The van der Waals surface area contributed by atoms with Crippen LogP contribution in [0.4, 0.5) is 0 Å². The Kier molecular flexibility index (Phi) is 4.77. The molecule has 2 amide bonds. The molecule has 25 heavy (non-hydrogen) atoms. The first-order chi connectivity index (χ1) is 12.2. The smallest absolute Gasteiger partial charge is 0.227 e. The number of hydrogen-bond acceptors (Lipinski definition) is 3. The minimum absolute atomic E-state index is 0.0920. The molecule has 136 valence electrons. The van der Waals surface area contributed by atoms with Crippen LogP contribution in [0.2, 0.25) is 0 Å². The lowest BCUT2D eigenvalue weighted by atomic mass is 9.86. The average molecular weight is 344 g/mol. The highest BCUT2D eigenvalue weighted by Crippen LogP contribution is 2.31. The normalized spacial score (nSPS) is 27.1. The molecular weight excluding hydrogens is 316 g/mol. The number of carbonyl (C=O) groups is 2. The maximum Gasteiger partial charge on any atom is 0.227 e. The van der Waals surface area contributed by atoms with Gasteiger partial charge < -0.3 is 10.2 Å². The summed E-state index contributed by atoms with van der Waals surface area (Å²) in [7, 11) is 0. The van der Waals surface area contributed by atoms with Crippen molar-refractivity contribution >= 4 is 11.8 Å². The summed E-state index contributed by atoms with van der Waals surface area (Å²) in [6.07, 6.45) is 11.3.